The van der Waals surface area contributed by atoms with Crippen molar-refractivity contribution < 1.29 is 18.4 Å². The normalized spacial score (nSPS) is 20.8. The number of likely N-dealkylation sites (N-methyl/N-ethyl adjacent to an activating group) is 1. The van der Waals surface area contributed by atoms with Gasteiger partial charge in [0.25, 0.3) is 0 Å². The molecule has 12 heteroatoms. The Kier molecular flexibility index (Phi) is 19.6. The molecule has 3 aliphatic rings. The van der Waals surface area contributed by atoms with Gasteiger partial charge in [-0.05, 0) is 85.9 Å². The van der Waals surface area contributed by atoms with Gasteiger partial charge in [0, 0.05) is 83.9 Å². The molecule has 0 aliphatic carbocycles. The van der Waals surface area contributed by atoms with Crippen LogP contribution in [0.4, 0.5) is 0 Å². The Morgan fingerprint density at radius 1 is 0.550 bits per heavy atom. The molecule has 0 aromatic carbocycles. The third-order valence-electron chi connectivity index (χ3n) is 7.42. The molecule has 3 aliphatic heterocycles. The molecule has 1 N–H and O–H groups in total. The fraction of sp³-hybridized carbons (Fsp3) is 1.00. The molecular formula is C28H64N5O4P3. The lowest BCUT2D eigenvalue weighted by molar-refractivity contribution is 0.0381. The summed E-state index contributed by atoms with van der Waals surface area (Å²) >= 11 is 0. The Morgan fingerprint density at radius 2 is 0.900 bits per heavy atom. The fourth-order valence-corrected chi connectivity index (χ4v) is 7.57. The van der Waals surface area contributed by atoms with E-state index in [1.165, 1.54) is 26.2 Å². The molecule has 0 spiro atoms. The van der Waals surface area contributed by atoms with Gasteiger partial charge in [0.15, 0.2) is 0 Å². The van der Waals surface area contributed by atoms with Crippen LogP contribution in [0.5, 0.6) is 0 Å². The van der Waals surface area contributed by atoms with E-state index < -0.39 is 21.4 Å². The van der Waals surface area contributed by atoms with Gasteiger partial charge in [-0.2, -0.15) is 0 Å². The van der Waals surface area contributed by atoms with Gasteiger partial charge in [0.05, 0.1) is 34.6 Å². The standard InChI is InChI=1S/C10H23N2OP.C9H21N2OP.C9H20NO2P/c1-11-6-8-12(9-7-11)5-4-10-14(2,3)13;1-13(2,12)9-3-6-11-7-4-10-5-8-11;1-13(2,11)9-3-4-10-5-7-12-8-6-10/h4-10H2,1-3H3;10H,3-9H2,1-2H3;3-9H2,1-2H3. The largest absolute Gasteiger partial charge is 0.379 e. The van der Waals surface area contributed by atoms with Crippen LogP contribution >= 0.6 is 21.4 Å². The van der Waals surface area contributed by atoms with Crippen molar-refractivity contribution in [2.24, 2.45) is 0 Å². The van der Waals surface area contributed by atoms with Gasteiger partial charge in [0.1, 0.15) is 0 Å². The average molecular weight is 628 g/mol. The monoisotopic (exact) mass is 627 g/mol. The lowest BCUT2D eigenvalue weighted by atomic mass is 10.3. The minimum Gasteiger partial charge on any atom is -0.379 e. The Labute approximate surface area is 247 Å². The number of rotatable bonds is 12. The van der Waals surface area contributed by atoms with Crippen LogP contribution in [0.15, 0.2) is 0 Å². The van der Waals surface area contributed by atoms with E-state index in [-0.39, 0.29) is 0 Å². The van der Waals surface area contributed by atoms with Crippen molar-refractivity contribution in [1.82, 2.24) is 24.9 Å². The van der Waals surface area contributed by atoms with Crippen molar-refractivity contribution in [2.45, 2.75) is 19.3 Å². The first-order chi connectivity index (χ1) is 18.6. The second-order valence-corrected chi connectivity index (χ2v) is 23.9. The summed E-state index contributed by atoms with van der Waals surface area (Å²) in [7, 11) is -3.18. The molecular weight excluding hydrogens is 563 g/mol. The lowest BCUT2D eigenvalue weighted by Crippen LogP contribution is -2.44. The van der Waals surface area contributed by atoms with Crippen LogP contribution in [0.1, 0.15) is 19.3 Å². The molecule has 40 heavy (non-hydrogen) atoms. The molecule has 3 rings (SSSR count). The molecule has 0 radical (unpaired) electrons. The first kappa shape index (κ1) is 38.5. The molecule has 9 nitrogen and oxygen atoms in total. The Hall–Kier alpha value is 0.450. The maximum absolute atomic E-state index is 11.5. The van der Waals surface area contributed by atoms with Crippen LogP contribution in [-0.2, 0) is 18.4 Å². The second-order valence-electron chi connectivity index (χ2n) is 13.1. The fourth-order valence-electron chi connectivity index (χ4n) is 4.86. The Balaban J connectivity index is 0.000000300. The van der Waals surface area contributed by atoms with Crippen LogP contribution in [-0.4, -0.2) is 183 Å². The van der Waals surface area contributed by atoms with Crippen molar-refractivity contribution >= 4 is 21.4 Å². The molecule has 3 fully saturated rings. The molecule has 240 valence electrons. The maximum atomic E-state index is 11.5. The van der Waals surface area contributed by atoms with Crippen LogP contribution in [0.3, 0.4) is 0 Å². The minimum atomic E-state index is -1.79. The van der Waals surface area contributed by atoms with Gasteiger partial charge in [-0.15, -0.1) is 0 Å². The highest BCUT2D eigenvalue weighted by molar-refractivity contribution is 7.62. The number of nitrogens with one attached hydrogen (secondary N) is 1. The summed E-state index contributed by atoms with van der Waals surface area (Å²) in [6.45, 7) is 27.6. The minimum absolute atomic E-state index is 0.857. The Morgan fingerprint density at radius 3 is 1.27 bits per heavy atom. The number of piperazine rings is 2. The molecule has 3 heterocycles. The number of ether oxygens (including phenoxy) is 1. The smallest absolute Gasteiger partial charge is 0.0819 e. The van der Waals surface area contributed by atoms with Crippen molar-refractivity contribution in [3.8, 4) is 0 Å². The van der Waals surface area contributed by atoms with E-state index >= 15 is 0 Å². The van der Waals surface area contributed by atoms with Gasteiger partial charge in [-0.3, -0.25) is 4.90 Å². The molecule has 0 saturated carbocycles. The second kappa shape index (κ2) is 20.4. The van der Waals surface area contributed by atoms with Crippen LogP contribution in [0, 0.1) is 0 Å². The average Bonchev–Trinajstić information content (AvgIpc) is 2.85. The lowest BCUT2D eigenvalue weighted by Gasteiger charge is -2.32. The van der Waals surface area contributed by atoms with Crippen molar-refractivity contribution in [1.29, 1.82) is 0 Å². The van der Waals surface area contributed by atoms with E-state index in [1.807, 2.05) is 40.0 Å². The summed E-state index contributed by atoms with van der Waals surface area (Å²) in [5.74, 6) is 0. The predicted octanol–water partition coefficient (Wildman–Crippen LogP) is 3.48. The van der Waals surface area contributed by atoms with Crippen molar-refractivity contribution in [3.63, 3.8) is 0 Å². The molecule has 0 aromatic heterocycles. The first-order valence-electron chi connectivity index (χ1n) is 15.4. The van der Waals surface area contributed by atoms with E-state index in [4.69, 9.17) is 4.74 Å². The van der Waals surface area contributed by atoms with E-state index in [9.17, 15) is 13.7 Å². The molecule has 0 bridgehead atoms. The Bertz CT molecular complexity index is 739. The zero-order valence-electron chi connectivity index (χ0n) is 27.1. The highest BCUT2D eigenvalue weighted by Gasteiger charge is 2.15. The van der Waals surface area contributed by atoms with Crippen LogP contribution in [0.2, 0.25) is 0 Å². The summed E-state index contributed by atoms with van der Waals surface area (Å²) in [5, 5.41) is 3.32. The van der Waals surface area contributed by atoms with Crippen molar-refractivity contribution in [3.05, 3.63) is 0 Å². The van der Waals surface area contributed by atoms with Gasteiger partial charge in [-0.1, -0.05) is 0 Å². The number of nitrogens with zero attached hydrogens (tertiary/aromatic N) is 4. The number of morpholine rings is 1. The van der Waals surface area contributed by atoms with E-state index in [0.717, 1.165) is 110 Å². The van der Waals surface area contributed by atoms with Gasteiger partial charge in [-0.25, -0.2) is 0 Å². The van der Waals surface area contributed by atoms with Crippen LogP contribution < -0.4 is 5.32 Å². The van der Waals surface area contributed by atoms with Crippen molar-refractivity contribution in [2.75, 3.05) is 164 Å². The quantitative estimate of drug-likeness (QED) is 0.327. The van der Waals surface area contributed by atoms with Gasteiger partial charge >= 0.3 is 0 Å². The SMILES string of the molecule is CN1CCN(CCCP(C)(C)=O)CC1.CP(C)(=O)CCCN1CCNCC1.CP(C)(=O)CCCN1CCOCC1. The highest BCUT2D eigenvalue weighted by Crippen LogP contribution is 2.37. The number of hydrogen-bond donors (Lipinski definition) is 1. The van der Waals surface area contributed by atoms with Gasteiger partial charge < -0.3 is 38.4 Å². The molecule has 0 aromatic rings. The summed E-state index contributed by atoms with van der Waals surface area (Å²) in [6, 6.07) is 0. The molecule has 0 amide bonds. The van der Waals surface area contributed by atoms with Crippen LogP contribution in [0.25, 0.3) is 0 Å². The summed E-state index contributed by atoms with van der Waals surface area (Å²) in [5.41, 5.74) is 0. The topological polar surface area (TPSA) is 85.4 Å². The van der Waals surface area contributed by atoms with E-state index in [2.05, 4.69) is 32.0 Å². The molecule has 3 saturated heterocycles. The third kappa shape index (κ3) is 24.0. The first-order valence-corrected chi connectivity index (χ1v) is 23.7. The summed E-state index contributed by atoms with van der Waals surface area (Å²) in [6.07, 6.45) is 5.92. The predicted molar refractivity (Wildman–Crippen MR) is 177 cm³/mol. The third-order valence-corrected chi connectivity index (χ3v) is 11.6. The molecule has 0 atom stereocenters. The zero-order chi connectivity index (χ0) is 30.1. The summed E-state index contributed by atoms with van der Waals surface area (Å²) in [4.78, 5) is 9.68. The zero-order valence-corrected chi connectivity index (χ0v) is 29.8. The maximum Gasteiger partial charge on any atom is 0.0819 e. The molecule has 0 unspecified atom stereocenters. The highest BCUT2D eigenvalue weighted by atomic mass is 31.2. The number of hydrogen-bond acceptors (Lipinski definition) is 9. The van der Waals surface area contributed by atoms with Gasteiger partial charge in [0.2, 0.25) is 0 Å². The van der Waals surface area contributed by atoms with E-state index in [1.54, 1.807) is 0 Å². The van der Waals surface area contributed by atoms with E-state index in [0.29, 0.717) is 0 Å². The summed E-state index contributed by atoms with van der Waals surface area (Å²) < 4.78 is 39.6.